The van der Waals surface area contributed by atoms with E-state index in [1.807, 2.05) is 6.92 Å². The molecule has 22 heavy (non-hydrogen) atoms. The molecule has 1 heterocycles. The van der Waals surface area contributed by atoms with E-state index in [-0.39, 0.29) is 12.5 Å². The minimum atomic E-state index is -0.458. The summed E-state index contributed by atoms with van der Waals surface area (Å²) in [4.78, 5) is 27.9. The Morgan fingerprint density at radius 2 is 2.09 bits per heavy atom. The Kier molecular flexibility index (Phi) is 5.61. The predicted octanol–water partition coefficient (Wildman–Crippen LogP) is 3.41. The quantitative estimate of drug-likeness (QED) is 0.784. The molecule has 0 saturated heterocycles. The van der Waals surface area contributed by atoms with Crippen LogP contribution in [0.15, 0.2) is 17.1 Å². The van der Waals surface area contributed by atoms with Crippen molar-refractivity contribution < 1.29 is 14.3 Å². The standard InChI is InChI=1S/C14H14Cl2N2O3S/c1-3-4-10(19)17-14-18(7-11(20)21-2)13-9(22-14)6-5-8(15)12(13)16/h5-6H,3-4,7H2,1-2H3. The van der Waals surface area contributed by atoms with Crippen LogP contribution in [-0.2, 0) is 20.9 Å². The molecule has 0 aliphatic carbocycles. The van der Waals surface area contributed by atoms with Crippen LogP contribution in [0.5, 0.6) is 0 Å². The van der Waals surface area contributed by atoms with Gasteiger partial charge in [0.05, 0.1) is 27.4 Å². The third-order valence-electron chi connectivity index (χ3n) is 2.93. The fraction of sp³-hybridized carbons (Fsp3) is 0.357. The molecule has 0 N–H and O–H groups in total. The van der Waals surface area contributed by atoms with Gasteiger partial charge in [-0.25, -0.2) is 0 Å². The van der Waals surface area contributed by atoms with E-state index >= 15 is 0 Å². The minimum Gasteiger partial charge on any atom is -0.468 e. The third-order valence-corrected chi connectivity index (χ3v) is 4.77. The van der Waals surface area contributed by atoms with Gasteiger partial charge in [0.1, 0.15) is 6.54 Å². The van der Waals surface area contributed by atoms with Gasteiger partial charge < -0.3 is 9.30 Å². The second-order valence-corrected chi connectivity index (χ2v) is 6.30. The van der Waals surface area contributed by atoms with Crippen LogP contribution in [0.2, 0.25) is 10.0 Å². The summed E-state index contributed by atoms with van der Waals surface area (Å²) in [6.07, 6.45) is 1.05. The molecule has 2 rings (SSSR count). The fourth-order valence-electron chi connectivity index (χ4n) is 1.91. The zero-order valence-electron chi connectivity index (χ0n) is 12.1. The molecule has 0 bridgehead atoms. The maximum absolute atomic E-state index is 11.8. The van der Waals surface area contributed by atoms with Gasteiger partial charge in [0.25, 0.3) is 0 Å². The molecule has 118 valence electrons. The number of ether oxygens (including phenoxy) is 1. The van der Waals surface area contributed by atoms with Gasteiger partial charge in [0, 0.05) is 6.42 Å². The van der Waals surface area contributed by atoms with Gasteiger partial charge in [-0.2, -0.15) is 4.99 Å². The summed E-state index contributed by atoms with van der Waals surface area (Å²) in [6, 6.07) is 3.45. The lowest BCUT2D eigenvalue weighted by atomic mass is 10.3. The van der Waals surface area contributed by atoms with Crippen LogP contribution in [0.25, 0.3) is 10.2 Å². The first-order chi connectivity index (χ1) is 10.5. The first kappa shape index (κ1) is 17.0. The lowest BCUT2D eigenvalue weighted by Crippen LogP contribution is -2.22. The second-order valence-electron chi connectivity index (χ2n) is 4.51. The van der Waals surface area contributed by atoms with Gasteiger partial charge >= 0.3 is 5.97 Å². The fourth-order valence-corrected chi connectivity index (χ4v) is 3.44. The normalized spacial score (nSPS) is 11.9. The molecule has 2 aromatic rings. The number of halogens is 2. The van der Waals surface area contributed by atoms with Crippen molar-refractivity contribution in [3.05, 3.63) is 27.0 Å². The molecule has 1 aromatic heterocycles. The van der Waals surface area contributed by atoms with E-state index in [1.54, 1.807) is 16.7 Å². The number of fused-ring (bicyclic) bond motifs is 1. The van der Waals surface area contributed by atoms with Crippen molar-refractivity contribution in [3.63, 3.8) is 0 Å². The molecule has 5 nitrogen and oxygen atoms in total. The number of thiazole rings is 1. The maximum Gasteiger partial charge on any atom is 0.325 e. The summed E-state index contributed by atoms with van der Waals surface area (Å²) in [7, 11) is 1.30. The molecule has 8 heteroatoms. The molecular formula is C14H14Cl2N2O3S. The van der Waals surface area contributed by atoms with Gasteiger partial charge in [-0.15, -0.1) is 0 Å². The van der Waals surface area contributed by atoms with Crippen molar-refractivity contribution in [1.82, 2.24) is 4.57 Å². The Balaban J connectivity index is 2.69. The van der Waals surface area contributed by atoms with Crippen molar-refractivity contribution in [2.45, 2.75) is 26.3 Å². The Morgan fingerprint density at radius 3 is 2.73 bits per heavy atom. The molecule has 0 unspecified atom stereocenters. The highest BCUT2D eigenvalue weighted by Crippen LogP contribution is 2.32. The zero-order valence-corrected chi connectivity index (χ0v) is 14.4. The SMILES string of the molecule is CCCC(=O)N=c1sc2ccc(Cl)c(Cl)c2n1CC(=O)OC. The number of carbonyl (C=O) groups excluding carboxylic acids is 2. The predicted molar refractivity (Wildman–Crippen MR) is 87.3 cm³/mol. The Bertz CT molecular complexity index is 795. The third kappa shape index (κ3) is 3.51. The highest BCUT2D eigenvalue weighted by molar-refractivity contribution is 7.16. The number of amides is 1. The monoisotopic (exact) mass is 360 g/mol. The number of benzene rings is 1. The minimum absolute atomic E-state index is 0.0885. The molecule has 0 spiro atoms. The summed E-state index contributed by atoms with van der Waals surface area (Å²) >= 11 is 13.6. The number of hydrogen-bond donors (Lipinski definition) is 0. The summed E-state index contributed by atoms with van der Waals surface area (Å²) < 4.78 is 7.05. The van der Waals surface area contributed by atoms with E-state index in [9.17, 15) is 9.59 Å². The van der Waals surface area contributed by atoms with Crippen LogP contribution in [0.4, 0.5) is 0 Å². The highest BCUT2D eigenvalue weighted by Gasteiger charge is 2.15. The Morgan fingerprint density at radius 1 is 1.36 bits per heavy atom. The summed E-state index contributed by atoms with van der Waals surface area (Å²) in [5.41, 5.74) is 0.576. The average Bonchev–Trinajstić information content (AvgIpc) is 2.81. The zero-order chi connectivity index (χ0) is 16.3. The van der Waals surface area contributed by atoms with Gasteiger partial charge in [0.2, 0.25) is 5.91 Å². The van der Waals surface area contributed by atoms with Crippen LogP contribution in [0, 0.1) is 0 Å². The van der Waals surface area contributed by atoms with Crippen LogP contribution in [0.1, 0.15) is 19.8 Å². The van der Waals surface area contributed by atoms with Crippen molar-refractivity contribution in [1.29, 1.82) is 0 Å². The number of aromatic nitrogens is 1. The largest absolute Gasteiger partial charge is 0.468 e. The molecule has 0 saturated carbocycles. The Labute approximate surface area is 141 Å². The van der Waals surface area contributed by atoms with Crippen molar-refractivity contribution >= 4 is 56.6 Å². The smallest absolute Gasteiger partial charge is 0.325 e. The maximum atomic E-state index is 11.8. The van der Waals surface area contributed by atoms with E-state index in [4.69, 9.17) is 27.9 Å². The van der Waals surface area contributed by atoms with Crippen LogP contribution in [0.3, 0.4) is 0 Å². The van der Waals surface area contributed by atoms with E-state index < -0.39 is 5.97 Å². The van der Waals surface area contributed by atoms with Gasteiger partial charge in [-0.05, 0) is 18.6 Å². The van der Waals surface area contributed by atoms with Crippen LogP contribution >= 0.6 is 34.5 Å². The Hall–Kier alpha value is -1.37. The number of rotatable bonds is 4. The molecule has 1 aromatic carbocycles. The van der Waals surface area contributed by atoms with E-state index in [1.165, 1.54) is 18.4 Å². The van der Waals surface area contributed by atoms with Gasteiger partial charge in [-0.3, -0.25) is 9.59 Å². The van der Waals surface area contributed by atoms with Crippen molar-refractivity contribution in [3.8, 4) is 0 Å². The molecule has 0 atom stereocenters. The number of nitrogens with zero attached hydrogens (tertiary/aromatic N) is 2. The second kappa shape index (κ2) is 7.26. The topological polar surface area (TPSA) is 60.7 Å². The summed E-state index contributed by atoms with van der Waals surface area (Å²) in [5.74, 6) is -0.699. The lowest BCUT2D eigenvalue weighted by molar-refractivity contribution is -0.141. The molecule has 1 amide bonds. The molecule has 0 aliphatic heterocycles. The van der Waals surface area contributed by atoms with E-state index in [0.717, 1.165) is 4.70 Å². The first-order valence-corrected chi connectivity index (χ1v) is 8.16. The summed E-state index contributed by atoms with van der Waals surface area (Å²) in [5, 5.41) is 0.695. The number of esters is 1. The average molecular weight is 361 g/mol. The molecule has 0 fully saturated rings. The van der Waals surface area contributed by atoms with Crippen LogP contribution < -0.4 is 4.80 Å². The van der Waals surface area contributed by atoms with E-state index in [2.05, 4.69) is 4.99 Å². The number of methoxy groups -OCH3 is 1. The van der Waals surface area contributed by atoms with Crippen molar-refractivity contribution in [2.75, 3.05) is 7.11 Å². The number of carbonyl (C=O) groups is 2. The molecule has 0 aliphatic rings. The van der Waals surface area contributed by atoms with E-state index in [0.29, 0.717) is 33.2 Å². The number of hydrogen-bond acceptors (Lipinski definition) is 4. The molecular weight excluding hydrogens is 347 g/mol. The molecule has 0 radical (unpaired) electrons. The highest BCUT2D eigenvalue weighted by atomic mass is 35.5. The van der Waals surface area contributed by atoms with Crippen molar-refractivity contribution in [2.24, 2.45) is 4.99 Å². The summed E-state index contributed by atoms with van der Waals surface area (Å²) in [6.45, 7) is 1.81. The lowest BCUT2D eigenvalue weighted by Gasteiger charge is -2.05. The van der Waals surface area contributed by atoms with Gasteiger partial charge in [-0.1, -0.05) is 41.5 Å². The van der Waals surface area contributed by atoms with Crippen LogP contribution in [-0.4, -0.2) is 23.6 Å². The first-order valence-electron chi connectivity index (χ1n) is 6.59. The van der Waals surface area contributed by atoms with Gasteiger partial charge in [0.15, 0.2) is 4.80 Å².